The van der Waals surface area contributed by atoms with E-state index in [1.54, 1.807) is 12.1 Å². The molecule has 0 unspecified atom stereocenters. The van der Waals surface area contributed by atoms with E-state index in [2.05, 4.69) is 70.9 Å². The van der Waals surface area contributed by atoms with Crippen molar-refractivity contribution in [3.8, 4) is 11.4 Å². The molecule has 3 heterocycles. The summed E-state index contributed by atoms with van der Waals surface area (Å²) < 4.78 is 2.22. The predicted molar refractivity (Wildman–Crippen MR) is 136 cm³/mol. The fourth-order valence-electron chi connectivity index (χ4n) is 4.74. The van der Waals surface area contributed by atoms with Crippen LogP contribution in [-0.4, -0.2) is 19.8 Å². The first-order chi connectivity index (χ1) is 15.9. The molecule has 0 saturated carbocycles. The summed E-state index contributed by atoms with van der Waals surface area (Å²) in [4.78, 5) is 6.86. The summed E-state index contributed by atoms with van der Waals surface area (Å²) in [6.45, 7) is 6.33. The molecule has 1 fully saturated rings. The van der Waals surface area contributed by atoms with Crippen molar-refractivity contribution in [1.29, 1.82) is 0 Å². The van der Waals surface area contributed by atoms with Gasteiger partial charge in [0, 0.05) is 29.0 Å². The van der Waals surface area contributed by atoms with Crippen LogP contribution >= 0.6 is 12.2 Å². The zero-order valence-corrected chi connectivity index (χ0v) is 19.7. The molecule has 4 aromatic rings. The number of aromatic nitrogens is 2. The van der Waals surface area contributed by atoms with Gasteiger partial charge in [0.05, 0.1) is 17.8 Å². The van der Waals surface area contributed by atoms with Crippen LogP contribution in [0.4, 0.5) is 5.69 Å². The third-order valence-corrected chi connectivity index (χ3v) is 6.62. The molecule has 6 heteroatoms. The number of pyridine rings is 1. The van der Waals surface area contributed by atoms with E-state index < -0.39 is 0 Å². The largest absolute Gasteiger partial charge is 0.508 e. The summed E-state index contributed by atoms with van der Waals surface area (Å²) in [5.74, 6) is 0.257. The fourth-order valence-corrected chi connectivity index (χ4v) is 5.09. The molecule has 5 rings (SSSR count). The van der Waals surface area contributed by atoms with Crippen LogP contribution in [0.1, 0.15) is 40.3 Å². The molecule has 1 aliphatic heterocycles. The number of rotatable bonds is 4. The normalized spacial score (nSPS) is 17.9. The molecule has 2 atom stereocenters. The van der Waals surface area contributed by atoms with Crippen LogP contribution in [0.3, 0.4) is 0 Å². The van der Waals surface area contributed by atoms with Gasteiger partial charge in [0.15, 0.2) is 5.11 Å². The van der Waals surface area contributed by atoms with Crippen molar-refractivity contribution >= 4 is 23.0 Å². The Morgan fingerprint density at radius 1 is 0.909 bits per heavy atom. The highest BCUT2D eigenvalue weighted by Gasteiger charge is 2.42. The van der Waals surface area contributed by atoms with Gasteiger partial charge in [-0.05, 0) is 93.1 Å². The smallest absolute Gasteiger partial charge is 0.174 e. The maximum Gasteiger partial charge on any atom is 0.174 e. The minimum absolute atomic E-state index is 0.0628. The topological polar surface area (TPSA) is 53.3 Å². The number of nitrogens with zero attached hydrogens (tertiary/aromatic N) is 3. The fraction of sp³-hybridized carbons (Fsp3) is 0.185. The first-order valence-corrected chi connectivity index (χ1v) is 11.4. The molecule has 0 amide bonds. The average molecular weight is 455 g/mol. The summed E-state index contributed by atoms with van der Waals surface area (Å²) in [7, 11) is 0. The van der Waals surface area contributed by atoms with E-state index in [1.807, 2.05) is 36.5 Å². The van der Waals surface area contributed by atoms with Gasteiger partial charge in [-0.2, -0.15) is 0 Å². The number of anilines is 1. The lowest BCUT2D eigenvalue weighted by Crippen LogP contribution is -2.29. The van der Waals surface area contributed by atoms with Gasteiger partial charge in [-0.3, -0.25) is 4.98 Å². The summed E-state index contributed by atoms with van der Waals surface area (Å²) in [5.41, 5.74) is 7.66. The molecule has 2 aromatic carbocycles. The molecule has 166 valence electrons. The number of phenols is 1. The Balaban J connectivity index is 1.67. The van der Waals surface area contributed by atoms with Crippen molar-refractivity contribution in [2.45, 2.75) is 32.9 Å². The van der Waals surface area contributed by atoms with Crippen molar-refractivity contribution in [2.24, 2.45) is 0 Å². The molecule has 5 nitrogen and oxygen atoms in total. The van der Waals surface area contributed by atoms with Gasteiger partial charge < -0.3 is 19.9 Å². The Hall–Kier alpha value is -3.64. The van der Waals surface area contributed by atoms with Gasteiger partial charge in [-0.1, -0.05) is 23.8 Å². The third-order valence-electron chi connectivity index (χ3n) is 6.31. The maximum absolute atomic E-state index is 9.74. The summed E-state index contributed by atoms with van der Waals surface area (Å²) in [5, 5.41) is 14.0. The number of aromatic hydroxyl groups is 1. The minimum Gasteiger partial charge on any atom is -0.508 e. The van der Waals surface area contributed by atoms with E-state index in [4.69, 9.17) is 12.2 Å². The minimum atomic E-state index is -0.0891. The van der Waals surface area contributed by atoms with Gasteiger partial charge in [-0.15, -0.1) is 0 Å². The molecular formula is C27H26N4OS. The van der Waals surface area contributed by atoms with E-state index in [1.165, 1.54) is 11.1 Å². The highest BCUT2D eigenvalue weighted by Crippen LogP contribution is 2.43. The van der Waals surface area contributed by atoms with Gasteiger partial charge in [-0.25, -0.2) is 0 Å². The van der Waals surface area contributed by atoms with Crippen molar-refractivity contribution in [1.82, 2.24) is 14.9 Å². The summed E-state index contributed by atoms with van der Waals surface area (Å²) in [6.07, 6.45) is 1.82. The lowest BCUT2D eigenvalue weighted by atomic mass is 9.96. The first-order valence-electron chi connectivity index (χ1n) is 11.0. The van der Waals surface area contributed by atoms with E-state index in [9.17, 15) is 5.11 Å². The number of aryl methyl sites for hydroxylation is 2. The SMILES string of the molecule is Cc1ccc(N2C(=S)N[C@H](c3ccccn3)[C@@H]2c2cc(C)n(-c3ccc(O)cc3)c2C)cc1. The van der Waals surface area contributed by atoms with Crippen LogP contribution in [0.5, 0.6) is 5.75 Å². The van der Waals surface area contributed by atoms with Crippen molar-refractivity contribution < 1.29 is 5.11 Å². The number of nitrogens with one attached hydrogen (secondary N) is 1. The number of phenolic OH excluding ortho intramolecular Hbond substituents is 1. The van der Waals surface area contributed by atoms with Gasteiger partial charge in [0.2, 0.25) is 0 Å². The molecule has 0 spiro atoms. The zero-order valence-electron chi connectivity index (χ0n) is 18.9. The zero-order chi connectivity index (χ0) is 23.1. The molecule has 0 bridgehead atoms. The maximum atomic E-state index is 9.74. The summed E-state index contributed by atoms with van der Waals surface area (Å²) >= 11 is 5.85. The monoisotopic (exact) mass is 454 g/mol. The standard InChI is InChI=1S/C27H26N4OS/c1-17-7-9-21(10-8-17)31-26(25(29-27(31)33)24-6-4-5-15-28-24)23-16-18(2)30(19(23)3)20-11-13-22(32)14-12-20/h4-16,25-26,32H,1-3H3,(H,29,33)/t25-,26+/m1/s1. The van der Waals surface area contributed by atoms with E-state index in [0.717, 1.165) is 28.5 Å². The van der Waals surface area contributed by atoms with Crippen molar-refractivity contribution in [3.05, 3.63) is 107 Å². The molecule has 1 aliphatic rings. The molecule has 0 aliphatic carbocycles. The molecule has 2 N–H and O–H groups in total. The molecular weight excluding hydrogens is 428 g/mol. The molecule has 0 radical (unpaired) electrons. The Kier molecular flexibility index (Phi) is 5.38. The summed E-state index contributed by atoms with van der Waals surface area (Å²) in [6, 6.07) is 23.8. The number of hydrogen-bond acceptors (Lipinski definition) is 3. The average Bonchev–Trinajstić information content (AvgIpc) is 3.31. The van der Waals surface area contributed by atoms with Gasteiger partial charge in [0.25, 0.3) is 0 Å². The van der Waals surface area contributed by atoms with E-state index in [0.29, 0.717) is 5.11 Å². The highest BCUT2D eigenvalue weighted by molar-refractivity contribution is 7.80. The Labute approximate surface area is 199 Å². The second-order valence-electron chi connectivity index (χ2n) is 8.51. The Morgan fingerprint density at radius 3 is 2.27 bits per heavy atom. The van der Waals surface area contributed by atoms with Crippen molar-refractivity contribution in [3.63, 3.8) is 0 Å². The quantitative estimate of drug-likeness (QED) is 0.389. The van der Waals surface area contributed by atoms with Crippen LogP contribution in [0.15, 0.2) is 79.0 Å². The van der Waals surface area contributed by atoms with Crippen LogP contribution < -0.4 is 10.2 Å². The predicted octanol–water partition coefficient (Wildman–Crippen LogP) is 5.68. The van der Waals surface area contributed by atoms with Gasteiger partial charge in [0.1, 0.15) is 5.75 Å². The first kappa shape index (κ1) is 21.2. The molecule has 1 saturated heterocycles. The Bertz CT molecular complexity index is 1300. The number of thiocarbonyl (C=S) groups is 1. The van der Waals surface area contributed by atoms with Crippen LogP contribution in [-0.2, 0) is 0 Å². The second kappa shape index (κ2) is 8.37. The lowest BCUT2D eigenvalue weighted by Gasteiger charge is -2.28. The van der Waals surface area contributed by atoms with Crippen LogP contribution in [0, 0.1) is 20.8 Å². The van der Waals surface area contributed by atoms with E-state index >= 15 is 0 Å². The van der Waals surface area contributed by atoms with E-state index in [-0.39, 0.29) is 17.8 Å². The van der Waals surface area contributed by atoms with Crippen LogP contribution in [0.2, 0.25) is 0 Å². The Morgan fingerprint density at radius 2 is 1.61 bits per heavy atom. The van der Waals surface area contributed by atoms with Crippen LogP contribution in [0.25, 0.3) is 5.69 Å². The van der Waals surface area contributed by atoms with Gasteiger partial charge >= 0.3 is 0 Å². The number of benzene rings is 2. The third kappa shape index (κ3) is 3.76. The molecule has 33 heavy (non-hydrogen) atoms. The second-order valence-corrected chi connectivity index (χ2v) is 8.90. The lowest BCUT2D eigenvalue weighted by molar-refractivity contribution is 0.475. The highest BCUT2D eigenvalue weighted by atomic mass is 32.1. The number of hydrogen-bond donors (Lipinski definition) is 2. The van der Waals surface area contributed by atoms with Crippen molar-refractivity contribution in [2.75, 3.05) is 4.90 Å². The molecule has 2 aromatic heterocycles.